The van der Waals surface area contributed by atoms with E-state index >= 15 is 0 Å². The average molecular weight is 298 g/mol. The predicted molar refractivity (Wildman–Crippen MR) is 81.5 cm³/mol. The third kappa shape index (κ3) is 3.01. The SMILES string of the molecule is Cc1ccccc1Oc1cnc(-c2ccccn2)nc1Cl. The van der Waals surface area contributed by atoms with Gasteiger partial charge in [0.25, 0.3) is 0 Å². The van der Waals surface area contributed by atoms with Crippen molar-refractivity contribution in [2.45, 2.75) is 6.92 Å². The minimum absolute atomic E-state index is 0.258. The Labute approximate surface area is 127 Å². The molecule has 0 saturated carbocycles. The molecule has 0 fully saturated rings. The Kier molecular flexibility index (Phi) is 3.79. The summed E-state index contributed by atoms with van der Waals surface area (Å²) in [6.45, 7) is 1.96. The van der Waals surface area contributed by atoms with Crippen LogP contribution in [0.15, 0.2) is 54.9 Å². The summed E-state index contributed by atoms with van der Waals surface area (Å²) >= 11 is 6.18. The molecule has 0 amide bonds. The molecule has 104 valence electrons. The van der Waals surface area contributed by atoms with Crippen molar-refractivity contribution in [3.05, 3.63) is 65.6 Å². The van der Waals surface area contributed by atoms with E-state index in [-0.39, 0.29) is 5.15 Å². The molecular weight excluding hydrogens is 286 g/mol. The van der Waals surface area contributed by atoms with E-state index in [2.05, 4.69) is 15.0 Å². The van der Waals surface area contributed by atoms with E-state index < -0.39 is 0 Å². The highest BCUT2D eigenvalue weighted by molar-refractivity contribution is 6.30. The van der Waals surface area contributed by atoms with Crippen molar-refractivity contribution < 1.29 is 4.74 Å². The lowest BCUT2D eigenvalue weighted by Crippen LogP contribution is -1.95. The Morgan fingerprint density at radius 3 is 2.48 bits per heavy atom. The van der Waals surface area contributed by atoms with E-state index in [1.807, 2.05) is 49.4 Å². The van der Waals surface area contributed by atoms with Gasteiger partial charge in [0.1, 0.15) is 11.4 Å². The maximum Gasteiger partial charge on any atom is 0.183 e. The number of aromatic nitrogens is 3. The molecule has 0 aliphatic carbocycles. The summed E-state index contributed by atoms with van der Waals surface area (Å²) in [5.74, 6) is 1.62. The number of ether oxygens (including phenoxy) is 1. The second kappa shape index (κ2) is 5.89. The van der Waals surface area contributed by atoms with E-state index in [0.717, 1.165) is 11.3 Å². The van der Waals surface area contributed by atoms with Crippen molar-refractivity contribution in [1.82, 2.24) is 15.0 Å². The molecule has 4 nitrogen and oxygen atoms in total. The van der Waals surface area contributed by atoms with Crippen molar-refractivity contribution >= 4 is 11.6 Å². The van der Waals surface area contributed by atoms with Crippen LogP contribution in [0.25, 0.3) is 11.5 Å². The first-order valence-electron chi connectivity index (χ1n) is 6.41. The molecule has 0 radical (unpaired) electrons. The van der Waals surface area contributed by atoms with Crippen LogP contribution in [0.2, 0.25) is 5.15 Å². The molecule has 3 aromatic rings. The molecule has 21 heavy (non-hydrogen) atoms. The van der Waals surface area contributed by atoms with Gasteiger partial charge in [-0.15, -0.1) is 0 Å². The van der Waals surface area contributed by atoms with Crippen LogP contribution in [0.1, 0.15) is 5.56 Å². The Bertz CT molecular complexity index is 762. The van der Waals surface area contributed by atoms with Gasteiger partial charge in [-0.25, -0.2) is 9.97 Å². The standard InChI is InChI=1S/C16H12ClN3O/c1-11-6-2-3-8-13(11)21-14-10-19-16(20-15(14)17)12-7-4-5-9-18-12/h2-10H,1H3. The molecule has 0 saturated heterocycles. The van der Waals surface area contributed by atoms with Gasteiger partial charge in [-0.2, -0.15) is 0 Å². The summed E-state index contributed by atoms with van der Waals surface area (Å²) < 4.78 is 5.75. The molecular formula is C16H12ClN3O. The fourth-order valence-electron chi connectivity index (χ4n) is 1.83. The molecule has 3 rings (SSSR count). The number of pyridine rings is 1. The van der Waals surface area contributed by atoms with Crippen LogP contribution in [0, 0.1) is 6.92 Å². The molecule has 0 aliphatic heterocycles. The summed E-state index contributed by atoms with van der Waals surface area (Å²) in [5.41, 5.74) is 1.68. The zero-order valence-corrected chi connectivity index (χ0v) is 12.1. The van der Waals surface area contributed by atoms with Crippen LogP contribution in [0.4, 0.5) is 0 Å². The minimum atomic E-state index is 0.258. The summed E-state index contributed by atoms with van der Waals surface area (Å²) in [6, 6.07) is 13.2. The zero-order valence-electron chi connectivity index (χ0n) is 11.3. The topological polar surface area (TPSA) is 47.9 Å². The van der Waals surface area contributed by atoms with Gasteiger partial charge in [0.2, 0.25) is 0 Å². The lowest BCUT2D eigenvalue weighted by atomic mass is 10.2. The van der Waals surface area contributed by atoms with E-state index in [0.29, 0.717) is 17.3 Å². The maximum atomic E-state index is 6.18. The van der Waals surface area contributed by atoms with Crippen molar-refractivity contribution in [3.8, 4) is 23.0 Å². The summed E-state index contributed by atoms with van der Waals surface area (Å²) in [6.07, 6.45) is 3.25. The van der Waals surface area contributed by atoms with Gasteiger partial charge in [-0.1, -0.05) is 35.9 Å². The van der Waals surface area contributed by atoms with Crippen molar-refractivity contribution in [3.63, 3.8) is 0 Å². The van der Waals surface area contributed by atoms with Gasteiger partial charge in [-0.05, 0) is 30.7 Å². The summed E-state index contributed by atoms with van der Waals surface area (Å²) in [5, 5.41) is 0.258. The van der Waals surface area contributed by atoms with Crippen molar-refractivity contribution in [1.29, 1.82) is 0 Å². The molecule has 2 heterocycles. The van der Waals surface area contributed by atoms with Gasteiger partial charge in [0.05, 0.1) is 6.20 Å². The van der Waals surface area contributed by atoms with Gasteiger partial charge >= 0.3 is 0 Å². The first kappa shape index (κ1) is 13.5. The maximum absolute atomic E-state index is 6.18. The lowest BCUT2D eigenvalue weighted by molar-refractivity contribution is 0.474. The number of hydrogen-bond acceptors (Lipinski definition) is 4. The number of rotatable bonds is 3. The quantitative estimate of drug-likeness (QED) is 0.677. The second-order valence-electron chi connectivity index (χ2n) is 4.43. The monoisotopic (exact) mass is 297 g/mol. The molecule has 0 aliphatic rings. The fourth-order valence-corrected chi connectivity index (χ4v) is 1.99. The highest BCUT2D eigenvalue weighted by Crippen LogP contribution is 2.30. The first-order valence-corrected chi connectivity index (χ1v) is 6.79. The number of halogens is 1. The number of nitrogens with zero attached hydrogens (tertiary/aromatic N) is 3. The van der Waals surface area contributed by atoms with Crippen LogP contribution < -0.4 is 4.74 Å². The van der Waals surface area contributed by atoms with E-state index in [4.69, 9.17) is 16.3 Å². The number of para-hydroxylation sites is 1. The molecule has 2 aromatic heterocycles. The number of aryl methyl sites for hydroxylation is 1. The first-order chi connectivity index (χ1) is 10.2. The van der Waals surface area contributed by atoms with Crippen molar-refractivity contribution in [2.75, 3.05) is 0 Å². The smallest absolute Gasteiger partial charge is 0.183 e. The Morgan fingerprint density at radius 1 is 0.952 bits per heavy atom. The van der Waals surface area contributed by atoms with E-state index in [9.17, 15) is 0 Å². The zero-order chi connectivity index (χ0) is 14.7. The average Bonchev–Trinajstić information content (AvgIpc) is 2.52. The van der Waals surface area contributed by atoms with Crippen LogP contribution in [-0.2, 0) is 0 Å². The van der Waals surface area contributed by atoms with Crippen LogP contribution in [-0.4, -0.2) is 15.0 Å². The van der Waals surface area contributed by atoms with Crippen LogP contribution >= 0.6 is 11.6 Å². The molecule has 5 heteroatoms. The van der Waals surface area contributed by atoms with E-state index in [1.54, 1.807) is 12.4 Å². The Morgan fingerprint density at radius 2 is 1.76 bits per heavy atom. The van der Waals surface area contributed by atoms with Gasteiger partial charge in [0, 0.05) is 6.20 Å². The highest BCUT2D eigenvalue weighted by atomic mass is 35.5. The van der Waals surface area contributed by atoms with Crippen LogP contribution in [0.3, 0.4) is 0 Å². The third-order valence-electron chi connectivity index (χ3n) is 2.92. The summed E-state index contributed by atoms with van der Waals surface area (Å²) in [7, 11) is 0. The van der Waals surface area contributed by atoms with Gasteiger partial charge in [0.15, 0.2) is 16.7 Å². The molecule has 0 unspecified atom stereocenters. The van der Waals surface area contributed by atoms with Crippen LogP contribution in [0.5, 0.6) is 11.5 Å². The normalized spacial score (nSPS) is 10.4. The minimum Gasteiger partial charge on any atom is -0.452 e. The summed E-state index contributed by atoms with van der Waals surface area (Å²) in [4.78, 5) is 12.7. The largest absolute Gasteiger partial charge is 0.452 e. The van der Waals surface area contributed by atoms with E-state index in [1.165, 1.54) is 0 Å². The third-order valence-corrected chi connectivity index (χ3v) is 3.19. The molecule has 0 spiro atoms. The lowest BCUT2D eigenvalue weighted by Gasteiger charge is -2.09. The molecule has 1 aromatic carbocycles. The molecule has 0 N–H and O–H groups in total. The highest BCUT2D eigenvalue weighted by Gasteiger charge is 2.10. The Balaban J connectivity index is 1.90. The number of benzene rings is 1. The Hall–Kier alpha value is -2.46. The molecule has 0 bridgehead atoms. The van der Waals surface area contributed by atoms with Crippen molar-refractivity contribution in [2.24, 2.45) is 0 Å². The predicted octanol–water partition coefficient (Wildman–Crippen LogP) is 4.29. The van der Waals surface area contributed by atoms with Gasteiger partial charge < -0.3 is 4.74 Å². The fraction of sp³-hybridized carbons (Fsp3) is 0.0625. The second-order valence-corrected chi connectivity index (χ2v) is 4.79. The molecule has 0 atom stereocenters. The number of hydrogen-bond donors (Lipinski definition) is 0. The van der Waals surface area contributed by atoms with Gasteiger partial charge in [-0.3, -0.25) is 4.98 Å².